The summed E-state index contributed by atoms with van der Waals surface area (Å²) < 4.78 is 3.78. The number of allylic oxidation sites excluding steroid dienone is 2. The summed E-state index contributed by atoms with van der Waals surface area (Å²) in [6.45, 7) is 9.89. The fraction of sp³-hybridized carbons (Fsp3) is 0.259. The summed E-state index contributed by atoms with van der Waals surface area (Å²) in [7, 11) is 0. The monoisotopic (exact) mass is 915 g/mol. The Morgan fingerprint density at radius 1 is 0.429 bits per heavy atom. The molecule has 0 aliphatic heterocycles. The summed E-state index contributed by atoms with van der Waals surface area (Å²) in [5.41, 5.74) is 15.2. The van der Waals surface area contributed by atoms with Gasteiger partial charge in [-0.3, -0.25) is 0 Å². The van der Waals surface area contributed by atoms with Crippen LogP contribution in [0, 0.1) is 0 Å². The molecule has 0 spiro atoms. The van der Waals surface area contributed by atoms with Gasteiger partial charge >= 0.3 is 341 Å². The van der Waals surface area contributed by atoms with Gasteiger partial charge in [-0.1, -0.05) is 0 Å². The van der Waals surface area contributed by atoms with E-state index in [0.29, 0.717) is 7.35 Å². The van der Waals surface area contributed by atoms with E-state index in [1.807, 2.05) is 0 Å². The van der Waals surface area contributed by atoms with E-state index in [2.05, 4.69) is 198 Å². The predicted octanol–water partition coefficient (Wildman–Crippen LogP) is 14.1. The summed E-state index contributed by atoms with van der Waals surface area (Å²) in [5, 5.41) is 3.35. The Morgan fingerprint density at radius 3 is 1.16 bits per heavy atom. The molecular weight excluding hydrogens is 855 g/mol. The van der Waals surface area contributed by atoms with Crippen LogP contribution < -0.4 is 10.4 Å². The van der Waals surface area contributed by atoms with Crippen LogP contribution in [0.2, 0.25) is 8.35 Å². The zero-order valence-electron chi connectivity index (χ0n) is 34.1. The summed E-state index contributed by atoms with van der Waals surface area (Å²) in [6, 6.07) is 61.6. The van der Waals surface area contributed by atoms with Gasteiger partial charge in [0.15, 0.2) is 0 Å². The van der Waals surface area contributed by atoms with Crippen LogP contribution in [0.25, 0.3) is 34.4 Å². The molecule has 0 saturated heterocycles. The van der Waals surface area contributed by atoms with Gasteiger partial charge in [-0.25, -0.2) is 0 Å². The molecule has 6 aromatic rings. The molecule has 0 N–H and O–H groups in total. The van der Waals surface area contributed by atoms with E-state index in [4.69, 9.17) is 0 Å². The Balaban J connectivity index is 1.57. The third-order valence-corrected chi connectivity index (χ3v) is 77.9. The molecule has 56 heavy (non-hydrogen) atoms. The Labute approximate surface area is 339 Å². The zero-order valence-corrected chi connectivity index (χ0v) is 38.8. The van der Waals surface area contributed by atoms with Crippen LogP contribution in [0.4, 0.5) is 0 Å². The molecule has 2 unspecified atom stereocenters. The van der Waals surface area contributed by atoms with Gasteiger partial charge in [0, 0.05) is 0 Å². The van der Waals surface area contributed by atoms with Crippen molar-refractivity contribution in [1.29, 1.82) is 0 Å². The SMILES string of the molecule is CCC[CH2][Hf]([CH2]CCC)([CH]1C(CC)=Cc2c(-c3ccccc3)cccc21)([CH]1C(CC)=Cc2c(-c3ccccc3)cccc21)[SiH](c1ccccc1)c1ccccc1. The third-order valence-electron chi connectivity index (χ3n) is 14.1. The van der Waals surface area contributed by atoms with Crippen molar-refractivity contribution >= 4 is 28.5 Å². The van der Waals surface area contributed by atoms with Crippen LogP contribution in [0.15, 0.2) is 169 Å². The van der Waals surface area contributed by atoms with Gasteiger partial charge < -0.3 is 0 Å². The van der Waals surface area contributed by atoms with E-state index in [1.165, 1.54) is 67.4 Å². The number of unbranched alkanes of at least 4 members (excludes halogenated alkanes) is 2. The van der Waals surface area contributed by atoms with Crippen LogP contribution in [0.5, 0.6) is 0 Å². The summed E-state index contributed by atoms with van der Waals surface area (Å²) in [4.78, 5) is 0. The van der Waals surface area contributed by atoms with Gasteiger partial charge in [0.05, 0.1) is 0 Å². The standard InChI is InChI=1S/2C17H15.C12H11Si.2C4H9.Hf/c2*1-2-13-11-15-9-6-10-16(17(15)12-13)14-7-4-3-5-8-14;1-3-7-11(8-4-1)13-12-9-5-2-6-10-12;2*1-3-4-2;/h2*3-12H,2H2,1H3;1-10,13H;2*1,3-4H2,2H3;. The minimum absolute atomic E-state index is 0.483. The quantitative estimate of drug-likeness (QED) is 0.0901. The van der Waals surface area contributed by atoms with E-state index < -0.39 is 23.7 Å². The first kappa shape index (κ1) is 38.7. The molecule has 0 fully saturated rings. The van der Waals surface area contributed by atoms with Crippen molar-refractivity contribution in [3.8, 4) is 22.3 Å². The Hall–Kier alpha value is -4.11. The van der Waals surface area contributed by atoms with Gasteiger partial charge in [0.1, 0.15) is 0 Å². The molecule has 2 atom stereocenters. The van der Waals surface area contributed by atoms with Crippen molar-refractivity contribution in [1.82, 2.24) is 0 Å². The van der Waals surface area contributed by atoms with Crippen LogP contribution in [-0.2, 0) is 17.7 Å². The topological polar surface area (TPSA) is 0 Å². The molecule has 0 aromatic heterocycles. The van der Waals surface area contributed by atoms with Crippen LogP contribution in [0.3, 0.4) is 0 Å². The van der Waals surface area contributed by atoms with Gasteiger partial charge in [-0.2, -0.15) is 0 Å². The summed E-state index contributed by atoms with van der Waals surface area (Å²) in [5.74, 6) is -1.97. The van der Waals surface area contributed by atoms with Crippen LogP contribution >= 0.6 is 0 Å². The van der Waals surface area contributed by atoms with Crippen molar-refractivity contribution in [2.24, 2.45) is 0 Å². The molecule has 6 aromatic carbocycles. The molecule has 0 saturated carbocycles. The van der Waals surface area contributed by atoms with Gasteiger partial charge in [0.2, 0.25) is 0 Å². The van der Waals surface area contributed by atoms with Crippen molar-refractivity contribution < 1.29 is 17.7 Å². The average Bonchev–Trinajstić information content (AvgIpc) is 3.86. The second kappa shape index (κ2) is 16.8. The summed E-state index contributed by atoms with van der Waals surface area (Å²) >= 11 is -4.83. The molecular formula is C54H59HfSi. The first-order chi connectivity index (χ1) is 27.6. The van der Waals surface area contributed by atoms with Gasteiger partial charge in [-0.05, 0) is 0 Å². The van der Waals surface area contributed by atoms with Crippen molar-refractivity contribution in [3.63, 3.8) is 0 Å². The fourth-order valence-corrected chi connectivity index (χ4v) is 93.9. The first-order valence-corrected chi connectivity index (χ1v) is 38.8. The minimum atomic E-state index is -4.83. The van der Waals surface area contributed by atoms with E-state index in [-0.39, 0.29) is 0 Å². The Morgan fingerprint density at radius 2 is 0.804 bits per heavy atom. The van der Waals surface area contributed by atoms with Crippen molar-refractivity contribution in [2.75, 3.05) is 0 Å². The van der Waals surface area contributed by atoms with E-state index in [0.717, 1.165) is 12.8 Å². The molecule has 8 rings (SSSR count). The van der Waals surface area contributed by atoms with Gasteiger partial charge in [-0.15, -0.1) is 0 Å². The maximum atomic E-state index is 2.73. The molecule has 2 heteroatoms. The molecule has 0 amide bonds. The van der Waals surface area contributed by atoms with E-state index >= 15 is 0 Å². The van der Waals surface area contributed by atoms with Crippen LogP contribution in [0.1, 0.15) is 95.8 Å². The number of benzene rings is 6. The molecule has 0 bridgehead atoms. The normalized spacial score (nSPS) is 16.8. The molecule has 0 heterocycles. The maximum absolute atomic E-state index is 4.83. The van der Waals surface area contributed by atoms with Crippen molar-refractivity contribution in [2.45, 2.75) is 81.9 Å². The van der Waals surface area contributed by atoms with Gasteiger partial charge in [0.25, 0.3) is 0 Å². The molecule has 0 radical (unpaired) electrons. The van der Waals surface area contributed by atoms with E-state index in [9.17, 15) is 0 Å². The van der Waals surface area contributed by atoms with Crippen LogP contribution in [-0.4, -0.2) is 5.98 Å². The number of rotatable bonds is 15. The average molecular weight is 915 g/mol. The Kier molecular flexibility index (Phi) is 11.6. The predicted molar refractivity (Wildman–Crippen MR) is 245 cm³/mol. The second-order valence-electron chi connectivity index (χ2n) is 16.8. The first-order valence-electron chi connectivity index (χ1n) is 21.6. The second-order valence-corrected chi connectivity index (χ2v) is 59.3. The Bertz CT molecular complexity index is 2160. The molecule has 0 nitrogen and oxygen atoms in total. The molecule has 2 aliphatic rings. The fourth-order valence-electron chi connectivity index (χ4n) is 12.1. The van der Waals surface area contributed by atoms with Crippen molar-refractivity contribution in [3.05, 3.63) is 191 Å². The third kappa shape index (κ3) is 6.46. The molecule has 283 valence electrons. The number of hydrogen-bond donors (Lipinski definition) is 0. The number of fused-ring (bicyclic) bond motifs is 2. The zero-order chi connectivity index (χ0) is 38.6. The molecule has 2 aliphatic carbocycles. The number of hydrogen-bond acceptors (Lipinski definition) is 0. The summed E-state index contributed by atoms with van der Waals surface area (Å²) in [6.07, 6.45) is 12.7. The van der Waals surface area contributed by atoms with E-state index in [1.54, 1.807) is 32.6 Å².